The first-order chi connectivity index (χ1) is 13.6. The molecule has 1 spiro atoms. The number of benzene rings is 1. The van der Waals surface area contributed by atoms with Gasteiger partial charge >= 0.3 is 6.03 Å². The minimum absolute atomic E-state index is 0.0214. The average molecular weight is 400 g/mol. The number of hydrogen-bond acceptors (Lipinski definition) is 3. The molecular weight excluding hydrogens is 366 g/mol. The van der Waals surface area contributed by atoms with Crippen molar-refractivity contribution in [1.82, 2.24) is 15.5 Å². The lowest BCUT2D eigenvalue weighted by Crippen LogP contribution is -2.54. The van der Waals surface area contributed by atoms with E-state index in [-0.39, 0.29) is 23.8 Å². The number of urea groups is 1. The van der Waals surface area contributed by atoms with Crippen molar-refractivity contribution in [3.8, 4) is 0 Å². The number of carbonyl (C=O) groups excluding carboxylic acids is 3. The lowest BCUT2D eigenvalue weighted by atomic mass is 9.64. The van der Waals surface area contributed by atoms with Gasteiger partial charge in [0, 0.05) is 6.54 Å². The maximum Gasteiger partial charge on any atom is 0.325 e. The van der Waals surface area contributed by atoms with Crippen molar-refractivity contribution in [1.29, 1.82) is 0 Å². The average Bonchev–Trinajstić information content (AvgIpc) is 2.84. The molecule has 1 saturated heterocycles. The van der Waals surface area contributed by atoms with Gasteiger partial charge in [-0.15, -0.1) is 0 Å². The van der Waals surface area contributed by atoms with E-state index in [1.165, 1.54) is 5.56 Å². The first-order valence-electron chi connectivity index (χ1n) is 10.6. The van der Waals surface area contributed by atoms with Crippen LogP contribution in [0.3, 0.4) is 0 Å². The molecule has 6 heteroatoms. The maximum absolute atomic E-state index is 13.1. The minimum atomic E-state index is -0.861. The Morgan fingerprint density at radius 1 is 1.24 bits per heavy atom. The Morgan fingerprint density at radius 3 is 2.59 bits per heavy atom. The molecule has 1 aliphatic heterocycles. The molecule has 2 N–H and O–H groups in total. The van der Waals surface area contributed by atoms with Crippen molar-refractivity contribution < 1.29 is 14.4 Å². The number of rotatable bonds is 6. The zero-order valence-electron chi connectivity index (χ0n) is 18.0. The highest BCUT2D eigenvalue weighted by Crippen LogP contribution is 2.46. The number of nitrogens with zero attached hydrogens (tertiary/aromatic N) is 1. The summed E-state index contributed by atoms with van der Waals surface area (Å²) >= 11 is 0. The van der Waals surface area contributed by atoms with Crippen LogP contribution in [0.5, 0.6) is 0 Å². The van der Waals surface area contributed by atoms with E-state index in [1.807, 2.05) is 18.2 Å². The first-order valence-corrected chi connectivity index (χ1v) is 10.6. The molecule has 1 aromatic carbocycles. The SMILES string of the molecule is CC1CC(C)(C)CC2(C1)NC(=O)N(CC(=O)NCCC(C)c1ccccc1)C2=O. The van der Waals surface area contributed by atoms with Crippen LogP contribution in [0.1, 0.15) is 64.9 Å². The summed E-state index contributed by atoms with van der Waals surface area (Å²) in [7, 11) is 0. The van der Waals surface area contributed by atoms with Crippen LogP contribution in [0.15, 0.2) is 30.3 Å². The summed E-state index contributed by atoms with van der Waals surface area (Å²) in [5.74, 6) is 0.113. The van der Waals surface area contributed by atoms with Gasteiger partial charge in [-0.25, -0.2) is 4.79 Å². The van der Waals surface area contributed by atoms with Gasteiger partial charge in [-0.2, -0.15) is 0 Å². The quantitative estimate of drug-likeness (QED) is 0.720. The fourth-order valence-electron chi connectivity index (χ4n) is 5.23. The van der Waals surface area contributed by atoms with Crippen LogP contribution in [0.2, 0.25) is 0 Å². The van der Waals surface area contributed by atoms with Gasteiger partial charge in [0.25, 0.3) is 5.91 Å². The van der Waals surface area contributed by atoms with Crippen LogP contribution < -0.4 is 10.6 Å². The third-order valence-corrected chi connectivity index (χ3v) is 6.19. The lowest BCUT2D eigenvalue weighted by Gasteiger charge is -2.43. The number of imide groups is 1. The van der Waals surface area contributed by atoms with Crippen molar-refractivity contribution in [3.05, 3.63) is 35.9 Å². The molecule has 1 saturated carbocycles. The molecule has 1 aliphatic carbocycles. The van der Waals surface area contributed by atoms with Gasteiger partial charge < -0.3 is 10.6 Å². The van der Waals surface area contributed by atoms with Gasteiger partial charge in [0.1, 0.15) is 12.1 Å². The number of amides is 4. The second-order valence-corrected chi connectivity index (χ2v) is 9.71. The summed E-state index contributed by atoms with van der Waals surface area (Å²) < 4.78 is 0. The van der Waals surface area contributed by atoms with Gasteiger partial charge in [-0.1, -0.05) is 58.0 Å². The monoisotopic (exact) mass is 399 g/mol. The zero-order chi connectivity index (χ0) is 21.2. The summed E-state index contributed by atoms with van der Waals surface area (Å²) in [4.78, 5) is 39.1. The second kappa shape index (κ2) is 8.17. The summed E-state index contributed by atoms with van der Waals surface area (Å²) in [6, 6.07) is 9.69. The molecule has 0 bridgehead atoms. The van der Waals surface area contributed by atoms with E-state index in [9.17, 15) is 14.4 Å². The van der Waals surface area contributed by atoms with Gasteiger partial charge in [-0.3, -0.25) is 14.5 Å². The molecule has 158 valence electrons. The van der Waals surface area contributed by atoms with Crippen LogP contribution in [-0.4, -0.2) is 41.4 Å². The van der Waals surface area contributed by atoms with E-state index in [1.54, 1.807) is 0 Å². The molecular formula is C23H33N3O3. The highest BCUT2D eigenvalue weighted by Gasteiger charge is 2.56. The van der Waals surface area contributed by atoms with Crippen molar-refractivity contribution in [2.75, 3.05) is 13.1 Å². The Bertz CT molecular complexity index is 777. The highest BCUT2D eigenvalue weighted by molar-refractivity contribution is 6.09. The number of nitrogens with one attached hydrogen (secondary N) is 2. The molecule has 6 nitrogen and oxygen atoms in total. The van der Waals surface area contributed by atoms with Crippen LogP contribution in [0.4, 0.5) is 4.79 Å². The Hall–Kier alpha value is -2.37. The number of carbonyl (C=O) groups is 3. The predicted molar refractivity (Wildman–Crippen MR) is 112 cm³/mol. The molecule has 3 atom stereocenters. The Kier molecular flexibility index (Phi) is 6.01. The molecule has 0 radical (unpaired) electrons. The lowest BCUT2D eigenvalue weighted by molar-refractivity contribution is -0.137. The molecule has 2 fully saturated rings. The van der Waals surface area contributed by atoms with Crippen molar-refractivity contribution in [3.63, 3.8) is 0 Å². The first kappa shape index (κ1) is 21.3. The zero-order valence-corrected chi connectivity index (χ0v) is 18.0. The van der Waals surface area contributed by atoms with Gasteiger partial charge in [0.15, 0.2) is 0 Å². The molecule has 1 aromatic rings. The van der Waals surface area contributed by atoms with Crippen molar-refractivity contribution >= 4 is 17.8 Å². The maximum atomic E-state index is 13.1. The van der Waals surface area contributed by atoms with Crippen LogP contribution in [-0.2, 0) is 9.59 Å². The molecule has 29 heavy (non-hydrogen) atoms. The largest absolute Gasteiger partial charge is 0.355 e. The van der Waals surface area contributed by atoms with E-state index in [0.29, 0.717) is 31.2 Å². The van der Waals surface area contributed by atoms with Crippen molar-refractivity contribution in [2.24, 2.45) is 11.3 Å². The fourth-order valence-corrected chi connectivity index (χ4v) is 5.23. The normalized spacial score (nSPS) is 27.0. The molecule has 2 aliphatic rings. The summed E-state index contributed by atoms with van der Waals surface area (Å²) in [6.07, 6.45) is 3.07. The van der Waals surface area contributed by atoms with E-state index in [4.69, 9.17) is 0 Å². The van der Waals surface area contributed by atoms with Crippen LogP contribution in [0, 0.1) is 11.3 Å². The van der Waals surface area contributed by atoms with E-state index in [0.717, 1.165) is 17.7 Å². The molecule has 0 aromatic heterocycles. The summed E-state index contributed by atoms with van der Waals surface area (Å²) in [5, 5.41) is 5.77. The second-order valence-electron chi connectivity index (χ2n) is 9.71. The smallest absolute Gasteiger partial charge is 0.325 e. The Morgan fingerprint density at radius 2 is 1.93 bits per heavy atom. The fraction of sp³-hybridized carbons (Fsp3) is 0.609. The third-order valence-electron chi connectivity index (χ3n) is 6.19. The molecule has 4 amide bonds. The molecule has 3 unspecified atom stereocenters. The molecule has 3 rings (SSSR count). The molecule has 1 heterocycles. The Labute approximate surface area is 173 Å². The van der Waals surface area contributed by atoms with Crippen molar-refractivity contribution in [2.45, 2.75) is 64.8 Å². The van der Waals surface area contributed by atoms with E-state index in [2.05, 4.69) is 50.5 Å². The topological polar surface area (TPSA) is 78.5 Å². The number of hydrogen-bond donors (Lipinski definition) is 2. The highest BCUT2D eigenvalue weighted by atomic mass is 16.2. The van der Waals surface area contributed by atoms with E-state index < -0.39 is 11.6 Å². The minimum Gasteiger partial charge on any atom is -0.355 e. The van der Waals surface area contributed by atoms with Crippen LogP contribution in [0.25, 0.3) is 0 Å². The standard InChI is InChI=1S/C23H33N3O3/c1-16-12-22(3,4)15-23(13-16)20(28)26(21(29)25-23)14-19(27)24-11-10-17(2)18-8-6-5-7-9-18/h5-9,16-17H,10-15H2,1-4H3,(H,24,27)(H,25,29). The Balaban J connectivity index is 1.54. The summed E-state index contributed by atoms with van der Waals surface area (Å²) in [6.45, 7) is 8.79. The summed E-state index contributed by atoms with van der Waals surface area (Å²) in [5.41, 5.74) is 0.346. The van der Waals surface area contributed by atoms with Crippen LogP contribution >= 0.6 is 0 Å². The van der Waals surface area contributed by atoms with Gasteiger partial charge in [0.2, 0.25) is 5.91 Å². The van der Waals surface area contributed by atoms with E-state index >= 15 is 0 Å². The predicted octanol–water partition coefficient (Wildman–Crippen LogP) is 3.43. The van der Waals surface area contributed by atoms with Gasteiger partial charge in [-0.05, 0) is 48.5 Å². The third kappa shape index (κ3) is 4.80. The van der Waals surface area contributed by atoms with Gasteiger partial charge in [0.05, 0.1) is 0 Å².